The fraction of sp³-hybridized carbons (Fsp3) is 0.0811. The van der Waals surface area contributed by atoms with Crippen LogP contribution in [0.25, 0.3) is 66.1 Å². The molecule has 0 atom stereocenters. The van der Waals surface area contributed by atoms with Crippen molar-refractivity contribution in [3.05, 3.63) is 283 Å². The molecule has 0 N–H and O–H groups in total. The van der Waals surface area contributed by atoms with Crippen molar-refractivity contribution >= 4 is 72.7 Å². The Bertz CT molecular complexity index is 4340. The Hall–Kier alpha value is -9.44. The third kappa shape index (κ3) is 6.76. The van der Waals surface area contributed by atoms with Gasteiger partial charge < -0.3 is 14.7 Å². The summed E-state index contributed by atoms with van der Waals surface area (Å²) in [5, 5.41) is 4.87. The first-order valence-electron chi connectivity index (χ1n) is 27.0. The molecule has 1 aliphatic heterocycles. The van der Waals surface area contributed by atoms with Gasteiger partial charge in [0.25, 0.3) is 0 Å². The lowest BCUT2D eigenvalue weighted by Gasteiger charge is -2.35. The predicted molar refractivity (Wildman–Crippen MR) is 325 cm³/mol. The van der Waals surface area contributed by atoms with E-state index < -0.39 is 0 Å². The third-order valence-electron chi connectivity index (χ3n) is 17.2. The van der Waals surface area contributed by atoms with Crippen LogP contribution in [0.3, 0.4) is 0 Å². The summed E-state index contributed by atoms with van der Waals surface area (Å²) in [5.74, 6) is 0. The first-order valence-corrected chi connectivity index (χ1v) is 27.0. The molecular formula is C74H55N3. The van der Waals surface area contributed by atoms with Gasteiger partial charge in [0.1, 0.15) is 0 Å². The second kappa shape index (κ2) is 17.0. The number of para-hydroxylation sites is 3. The minimum atomic E-state index is -0.129. The average Bonchev–Trinajstić information content (AvgIpc) is 3.99. The summed E-state index contributed by atoms with van der Waals surface area (Å²) in [4.78, 5) is 7.37. The molecular weight excluding hydrogens is 931 g/mol. The molecule has 0 saturated carbocycles. The maximum Gasteiger partial charge on any atom is 0.0561 e. The second-order valence-electron chi connectivity index (χ2n) is 22.1. The summed E-state index contributed by atoms with van der Waals surface area (Å²) in [7, 11) is 0. The van der Waals surface area contributed by atoms with E-state index in [1.807, 2.05) is 0 Å². The highest BCUT2D eigenvalue weighted by molar-refractivity contribution is 6.20. The molecule has 0 amide bonds. The molecule has 3 nitrogen and oxygen atoms in total. The van der Waals surface area contributed by atoms with Crippen LogP contribution in [0.15, 0.2) is 261 Å². The van der Waals surface area contributed by atoms with E-state index in [-0.39, 0.29) is 10.8 Å². The lowest BCUT2D eigenvalue weighted by molar-refractivity contribution is 0.660. The van der Waals surface area contributed by atoms with Gasteiger partial charge in [-0.2, -0.15) is 0 Å². The molecule has 2 aliphatic carbocycles. The van der Waals surface area contributed by atoms with E-state index in [2.05, 4.69) is 303 Å². The Morgan fingerprint density at radius 2 is 0.714 bits per heavy atom. The molecule has 12 aromatic carbocycles. The monoisotopic (exact) mass is 985 g/mol. The van der Waals surface area contributed by atoms with Crippen molar-refractivity contribution in [1.29, 1.82) is 0 Å². The lowest BCUT2D eigenvalue weighted by Crippen LogP contribution is -2.18. The van der Waals surface area contributed by atoms with Crippen molar-refractivity contribution in [2.75, 3.05) is 14.7 Å². The van der Waals surface area contributed by atoms with E-state index in [1.54, 1.807) is 0 Å². The lowest BCUT2D eigenvalue weighted by atomic mass is 9.82. The standard InChI is InChI=1S/C74H55N3/c1-73(2)65-32-18-16-28-57(65)59-38-35-51(45-67(59)73)75(48-21-8-5-9-22-48)53-37-40-62-64-42-41-56(63-31-20-34-70(72(63)64)77(71(62)47-53)50-25-12-7-13-26-50)55-43-44-69(61-30-15-14-27-54(55)61)76(49-23-10-6-11-24-49)52-36-39-60-58-29-17-19-33-66(58)74(3,4)68(60)46-52/h5-47H,1-4H3. The van der Waals surface area contributed by atoms with Crippen LogP contribution in [0.2, 0.25) is 0 Å². The van der Waals surface area contributed by atoms with Gasteiger partial charge in [-0.1, -0.05) is 204 Å². The fourth-order valence-corrected chi connectivity index (χ4v) is 13.5. The maximum atomic E-state index is 2.49. The van der Waals surface area contributed by atoms with E-state index in [1.165, 1.54) is 88.3 Å². The van der Waals surface area contributed by atoms with E-state index in [0.29, 0.717) is 0 Å². The molecule has 0 aromatic heterocycles. The molecule has 0 unspecified atom stereocenters. The van der Waals surface area contributed by atoms with Gasteiger partial charge >= 0.3 is 0 Å². The Balaban J connectivity index is 0.885. The molecule has 366 valence electrons. The Morgan fingerprint density at radius 3 is 1.35 bits per heavy atom. The Labute approximate surface area is 451 Å². The third-order valence-corrected chi connectivity index (χ3v) is 17.2. The fourth-order valence-electron chi connectivity index (χ4n) is 13.5. The normalized spacial score (nSPS) is 13.9. The summed E-state index contributed by atoms with van der Waals surface area (Å²) in [6.07, 6.45) is 0. The summed E-state index contributed by atoms with van der Waals surface area (Å²) in [5.41, 5.74) is 25.5. The van der Waals surface area contributed by atoms with E-state index >= 15 is 0 Å². The van der Waals surface area contributed by atoms with Gasteiger partial charge in [0.05, 0.1) is 17.1 Å². The number of anilines is 9. The number of rotatable bonds is 8. The van der Waals surface area contributed by atoms with Gasteiger partial charge in [-0.25, -0.2) is 0 Å². The summed E-state index contributed by atoms with van der Waals surface area (Å²) < 4.78 is 0. The molecule has 0 saturated heterocycles. The molecule has 1 heterocycles. The maximum absolute atomic E-state index is 2.49. The Morgan fingerprint density at radius 1 is 0.273 bits per heavy atom. The van der Waals surface area contributed by atoms with E-state index in [0.717, 1.165) is 51.2 Å². The van der Waals surface area contributed by atoms with Crippen molar-refractivity contribution in [3.8, 4) is 44.5 Å². The largest absolute Gasteiger partial charge is 0.310 e. The molecule has 0 spiro atoms. The van der Waals surface area contributed by atoms with Crippen LogP contribution >= 0.6 is 0 Å². The van der Waals surface area contributed by atoms with Gasteiger partial charge in [0.2, 0.25) is 0 Å². The van der Waals surface area contributed by atoms with Gasteiger partial charge in [-0.05, 0) is 157 Å². The topological polar surface area (TPSA) is 9.72 Å². The number of hydrogen-bond donors (Lipinski definition) is 0. The van der Waals surface area contributed by atoms with Crippen molar-refractivity contribution in [2.24, 2.45) is 0 Å². The molecule has 0 bridgehead atoms. The van der Waals surface area contributed by atoms with Gasteiger partial charge in [-0.3, -0.25) is 0 Å². The van der Waals surface area contributed by atoms with Crippen LogP contribution in [0.5, 0.6) is 0 Å². The van der Waals surface area contributed by atoms with Crippen LogP contribution in [-0.2, 0) is 10.8 Å². The first-order chi connectivity index (χ1) is 37.7. The van der Waals surface area contributed by atoms with Crippen LogP contribution < -0.4 is 14.7 Å². The van der Waals surface area contributed by atoms with E-state index in [4.69, 9.17) is 0 Å². The predicted octanol–water partition coefficient (Wildman–Crippen LogP) is 20.7. The van der Waals surface area contributed by atoms with Gasteiger partial charge in [0.15, 0.2) is 0 Å². The van der Waals surface area contributed by atoms with Crippen molar-refractivity contribution in [1.82, 2.24) is 0 Å². The first kappa shape index (κ1) is 45.0. The van der Waals surface area contributed by atoms with Crippen molar-refractivity contribution < 1.29 is 0 Å². The molecule has 0 fully saturated rings. The van der Waals surface area contributed by atoms with Crippen LogP contribution in [0.4, 0.5) is 51.2 Å². The molecule has 3 heteroatoms. The summed E-state index contributed by atoms with van der Waals surface area (Å²) >= 11 is 0. The second-order valence-corrected chi connectivity index (χ2v) is 22.1. The number of nitrogens with zero attached hydrogens (tertiary/aromatic N) is 3. The van der Waals surface area contributed by atoms with Crippen molar-refractivity contribution in [3.63, 3.8) is 0 Å². The molecule has 15 rings (SSSR count). The highest BCUT2D eigenvalue weighted by Gasteiger charge is 2.38. The van der Waals surface area contributed by atoms with E-state index in [9.17, 15) is 0 Å². The average molecular weight is 986 g/mol. The molecule has 0 radical (unpaired) electrons. The minimum Gasteiger partial charge on any atom is -0.310 e. The summed E-state index contributed by atoms with van der Waals surface area (Å²) in [6.45, 7) is 9.45. The number of fused-ring (bicyclic) bond motifs is 9. The molecule has 77 heavy (non-hydrogen) atoms. The zero-order valence-electron chi connectivity index (χ0n) is 43.7. The van der Waals surface area contributed by atoms with Crippen LogP contribution in [0, 0.1) is 0 Å². The van der Waals surface area contributed by atoms with Crippen molar-refractivity contribution in [2.45, 2.75) is 38.5 Å². The zero-order chi connectivity index (χ0) is 51.6. The number of benzene rings is 12. The smallest absolute Gasteiger partial charge is 0.0561 e. The zero-order valence-corrected chi connectivity index (χ0v) is 43.7. The van der Waals surface area contributed by atoms with Crippen LogP contribution in [0.1, 0.15) is 49.9 Å². The highest BCUT2D eigenvalue weighted by Crippen LogP contribution is 2.57. The van der Waals surface area contributed by atoms with Crippen LogP contribution in [-0.4, -0.2) is 0 Å². The minimum absolute atomic E-state index is 0.125. The SMILES string of the molecule is CC1(C)c2ccccc2-c2ccc(N(c3ccccc3)c3ccc4c(c3)N(c3ccccc3)c3cccc5c(-c6ccc(N(c7ccccc7)c7ccc8c(c7)C(C)(C)c7ccccc7-8)c7ccccc67)ccc-4c35)cc21. The number of hydrogen-bond acceptors (Lipinski definition) is 3. The quantitative estimate of drug-likeness (QED) is 0.150. The van der Waals surface area contributed by atoms with Gasteiger partial charge in [0, 0.05) is 61.3 Å². The van der Waals surface area contributed by atoms with Gasteiger partial charge in [-0.15, -0.1) is 0 Å². The summed E-state index contributed by atoms with van der Waals surface area (Å²) in [6, 6.07) is 96.9. The highest BCUT2D eigenvalue weighted by atomic mass is 15.2. The molecule has 12 aromatic rings. The molecule has 3 aliphatic rings. The Kier molecular flexibility index (Phi) is 9.96.